The summed E-state index contributed by atoms with van der Waals surface area (Å²) in [6.07, 6.45) is 26.8. The summed E-state index contributed by atoms with van der Waals surface area (Å²) < 4.78 is 149. The van der Waals surface area contributed by atoms with E-state index < -0.39 is 6.10 Å². The summed E-state index contributed by atoms with van der Waals surface area (Å²) in [6, 6.07) is 0. The second-order valence-electron chi connectivity index (χ2n) is 25.5. The predicted molar refractivity (Wildman–Crippen MR) is 415 cm³/mol. The number of ether oxygens (including phenoxy) is 27. The van der Waals surface area contributed by atoms with Crippen LogP contribution in [0.3, 0.4) is 0 Å². The van der Waals surface area contributed by atoms with Crippen molar-refractivity contribution >= 4 is 11.9 Å². The molecule has 0 amide bonds. The Kier molecular flexibility index (Phi) is 98.2. The summed E-state index contributed by atoms with van der Waals surface area (Å²) in [5.41, 5.74) is 0. The number of esters is 2. The van der Waals surface area contributed by atoms with Crippen LogP contribution in [0.4, 0.5) is 0 Å². The van der Waals surface area contributed by atoms with Crippen LogP contribution in [0.15, 0.2) is 0 Å². The van der Waals surface area contributed by atoms with E-state index in [1.807, 2.05) is 0 Å². The molecule has 29 nitrogen and oxygen atoms in total. The molecule has 0 aromatic carbocycles. The molecule has 0 saturated heterocycles. The van der Waals surface area contributed by atoms with Crippen LogP contribution in [0, 0.1) is 0 Å². The molecule has 0 rings (SSSR count). The smallest absolute Gasteiger partial charge is 0.306 e. The van der Waals surface area contributed by atoms with E-state index in [0.29, 0.717) is 330 Å². The van der Waals surface area contributed by atoms with Crippen LogP contribution in [-0.2, 0) is 137 Å². The number of hydrogen-bond acceptors (Lipinski definition) is 29. The lowest BCUT2D eigenvalue weighted by molar-refractivity contribution is -0.163. The van der Waals surface area contributed by atoms with Crippen molar-refractivity contribution < 1.29 is 137 Å². The third-order valence-electron chi connectivity index (χ3n) is 16.0. The van der Waals surface area contributed by atoms with Gasteiger partial charge in [0.25, 0.3) is 0 Å². The average molecular weight is 1580 g/mol. The van der Waals surface area contributed by atoms with Crippen LogP contribution >= 0.6 is 0 Å². The van der Waals surface area contributed by atoms with Crippen molar-refractivity contribution in [1.29, 1.82) is 0 Å². The lowest BCUT2D eigenvalue weighted by atomic mass is 10.1. The molecule has 0 saturated carbocycles. The average Bonchev–Trinajstić information content (AvgIpc) is 0.969. The normalized spacial score (nSPS) is 12.0. The fraction of sp³-hybridized carbons (Fsp3) is 0.975. The van der Waals surface area contributed by atoms with Gasteiger partial charge in [-0.15, -0.1) is 0 Å². The summed E-state index contributed by atoms with van der Waals surface area (Å²) in [5.74, 6) is -0.537. The molecule has 0 aliphatic carbocycles. The van der Waals surface area contributed by atoms with Crippen molar-refractivity contribution in [2.75, 3.05) is 337 Å². The van der Waals surface area contributed by atoms with E-state index in [1.165, 1.54) is 103 Å². The third-order valence-corrected chi connectivity index (χ3v) is 16.0. The molecule has 0 aromatic rings. The number of carbonyl (C=O) groups is 2. The van der Waals surface area contributed by atoms with E-state index in [0.717, 1.165) is 38.5 Å². The van der Waals surface area contributed by atoms with Gasteiger partial charge in [-0.3, -0.25) is 9.59 Å². The first kappa shape index (κ1) is 107. The molecule has 0 spiro atoms. The summed E-state index contributed by atoms with van der Waals surface area (Å²) in [7, 11) is 1.64. The van der Waals surface area contributed by atoms with Crippen molar-refractivity contribution in [3.8, 4) is 0 Å². The molecule has 0 aliphatic heterocycles. The van der Waals surface area contributed by atoms with Gasteiger partial charge in [-0.2, -0.15) is 0 Å². The highest BCUT2D eigenvalue weighted by Gasteiger charge is 2.18. The highest BCUT2D eigenvalue weighted by molar-refractivity contribution is 5.70. The maximum Gasteiger partial charge on any atom is 0.306 e. The third kappa shape index (κ3) is 98.2. The highest BCUT2D eigenvalue weighted by atomic mass is 16.6. The van der Waals surface area contributed by atoms with Crippen LogP contribution in [0.2, 0.25) is 0 Å². The Hall–Kier alpha value is -2.06. The molecular formula is C80H158O29. The van der Waals surface area contributed by atoms with Gasteiger partial charge in [-0.05, 0) is 12.8 Å². The van der Waals surface area contributed by atoms with E-state index in [1.54, 1.807) is 7.11 Å². The highest BCUT2D eigenvalue weighted by Crippen LogP contribution is 2.15. The zero-order chi connectivity index (χ0) is 78.1. The zero-order valence-corrected chi connectivity index (χ0v) is 68.7. The Morgan fingerprint density at radius 3 is 0.523 bits per heavy atom. The molecule has 0 heterocycles. The van der Waals surface area contributed by atoms with E-state index >= 15 is 0 Å². The number of hydrogen-bond donors (Lipinski definition) is 0. The molecule has 29 heteroatoms. The van der Waals surface area contributed by atoms with E-state index in [2.05, 4.69) is 13.8 Å². The monoisotopic (exact) mass is 1580 g/mol. The van der Waals surface area contributed by atoms with E-state index in [4.69, 9.17) is 128 Å². The summed E-state index contributed by atoms with van der Waals surface area (Å²) in [6.45, 7) is 27.6. The SMILES string of the molecule is CCCCCCCCCCCCCC(=O)OCC(COCCOCCOCCOCCOCCOCCOCCOCCOCCOCCOCCOCCOCCOCCOCCOCCOCCOCCOCCOCCOCCOCCOCCOCCOC)OC(=O)CCCCCCCCCCCCC. The molecule has 0 aliphatic rings. The van der Waals surface area contributed by atoms with Gasteiger partial charge in [0.05, 0.1) is 324 Å². The van der Waals surface area contributed by atoms with Crippen LogP contribution in [0.1, 0.15) is 168 Å². The van der Waals surface area contributed by atoms with Crippen LogP contribution in [-0.4, -0.2) is 355 Å². The topological polar surface area (TPSA) is 283 Å². The maximum atomic E-state index is 12.8. The molecule has 1 unspecified atom stereocenters. The Morgan fingerprint density at radius 2 is 0.339 bits per heavy atom. The predicted octanol–water partition coefficient (Wildman–Crippen LogP) is 9.89. The van der Waals surface area contributed by atoms with Gasteiger partial charge in [0.2, 0.25) is 0 Å². The second-order valence-corrected chi connectivity index (χ2v) is 25.5. The summed E-state index contributed by atoms with van der Waals surface area (Å²) in [5, 5.41) is 0. The molecule has 1 atom stereocenters. The first-order chi connectivity index (χ1) is 54.1. The van der Waals surface area contributed by atoms with Crippen molar-refractivity contribution in [3.05, 3.63) is 0 Å². The van der Waals surface area contributed by atoms with Gasteiger partial charge in [-0.1, -0.05) is 142 Å². The fourth-order valence-electron chi connectivity index (χ4n) is 9.90. The standard InChI is InChI=1S/C80H158O29/c1-4-6-8-10-12-14-16-18-20-22-24-26-79(81)108-77-78(109-80(82)27-25-23-21-19-17-15-13-11-9-7-5-2)76-107-75-74-106-73-72-105-71-70-104-69-68-103-67-66-102-65-64-101-63-62-100-61-60-99-59-58-98-57-56-97-55-54-96-53-52-95-51-50-94-49-48-93-47-46-92-45-44-91-43-42-90-41-40-89-39-38-88-37-36-87-35-34-86-33-32-85-31-30-84-29-28-83-3/h78H,4-77H2,1-3H3. The van der Waals surface area contributed by atoms with Crippen LogP contribution in [0.5, 0.6) is 0 Å². The Labute approximate surface area is 658 Å². The van der Waals surface area contributed by atoms with Crippen LogP contribution < -0.4 is 0 Å². The van der Waals surface area contributed by atoms with E-state index in [-0.39, 0.29) is 25.2 Å². The minimum absolute atomic E-state index is 0.0119. The molecule has 109 heavy (non-hydrogen) atoms. The largest absolute Gasteiger partial charge is 0.462 e. The molecular weight excluding hydrogens is 1420 g/mol. The molecule has 0 N–H and O–H groups in total. The Bertz CT molecular complexity index is 1670. The maximum absolute atomic E-state index is 12.8. The van der Waals surface area contributed by atoms with Gasteiger partial charge >= 0.3 is 11.9 Å². The number of carbonyl (C=O) groups excluding carboxylic acids is 2. The molecule has 0 fully saturated rings. The van der Waals surface area contributed by atoms with E-state index in [9.17, 15) is 9.59 Å². The summed E-state index contributed by atoms with van der Waals surface area (Å²) >= 11 is 0. The van der Waals surface area contributed by atoms with Gasteiger partial charge in [0.15, 0.2) is 6.10 Å². The minimum atomic E-state index is -0.660. The number of rotatable bonds is 101. The van der Waals surface area contributed by atoms with Crippen molar-refractivity contribution in [3.63, 3.8) is 0 Å². The lowest BCUT2D eigenvalue weighted by Gasteiger charge is -2.18. The first-order valence-electron chi connectivity index (χ1n) is 41.8. The quantitative estimate of drug-likeness (QED) is 0.0404. The molecule has 0 radical (unpaired) electrons. The van der Waals surface area contributed by atoms with Crippen LogP contribution in [0.25, 0.3) is 0 Å². The van der Waals surface area contributed by atoms with Crippen molar-refractivity contribution in [2.45, 2.75) is 174 Å². The molecule has 0 aromatic heterocycles. The zero-order valence-electron chi connectivity index (χ0n) is 68.7. The molecule has 0 bridgehead atoms. The van der Waals surface area contributed by atoms with Crippen molar-refractivity contribution in [2.24, 2.45) is 0 Å². The van der Waals surface area contributed by atoms with Gasteiger partial charge < -0.3 is 128 Å². The number of unbranched alkanes of at least 4 members (excludes halogenated alkanes) is 20. The lowest BCUT2D eigenvalue weighted by Crippen LogP contribution is -2.30. The Morgan fingerprint density at radius 1 is 0.183 bits per heavy atom. The summed E-state index contributed by atoms with van der Waals surface area (Å²) in [4.78, 5) is 25.4. The second kappa shape index (κ2) is 100. The van der Waals surface area contributed by atoms with Crippen molar-refractivity contribution in [1.82, 2.24) is 0 Å². The first-order valence-corrected chi connectivity index (χ1v) is 41.8. The van der Waals surface area contributed by atoms with Gasteiger partial charge in [-0.25, -0.2) is 0 Å². The number of methoxy groups -OCH3 is 1. The molecule has 652 valence electrons. The Balaban J connectivity index is 3.45. The fourth-order valence-corrected chi connectivity index (χ4v) is 9.90. The van der Waals surface area contributed by atoms with Gasteiger partial charge in [0.1, 0.15) is 6.61 Å². The van der Waals surface area contributed by atoms with Gasteiger partial charge in [0, 0.05) is 20.0 Å². The minimum Gasteiger partial charge on any atom is -0.462 e.